The van der Waals surface area contributed by atoms with Crippen LogP contribution in [0.1, 0.15) is 74.6 Å². The highest BCUT2D eigenvalue weighted by atomic mass is 79.9. The Bertz CT molecular complexity index is 931. The molecule has 4 aliphatic rings. The van der Waals surface area contributed by atoms with Gasteiger partial charge in [0.05, 0.1) is 0 Å². The number of benzene rings is 1. The Morgan fingerprint density at radius 3 is 2.69 bits per heavy atom. The van der Waals surface area contributed by atoms with Gasteiger partial charge in [-0.05, 0) is 88.5 Å². The van der Waals surface area contributed by atoms with Gasteiger partial charge in [0.2, 0.25) is 0 Å². The van der Waals surface area contributed by atoms with Gasteiger partial charge in [0.15, 0.2) is 0 Å². The summed E-state index contributed by atoms with van der Waals surface area (Å²) in [6.45, 7) is 5.39. The van der Waals surface area contributed by atoms with Crippen LogP contribution in [0.15, 0.2) is 28.3 Å². The number of rotatable bonds is 8. The van der Waals surface area contributed by atoms with E-state index in [4.69, 9.17) is 0 Å². The molecule has 1 aromatic rings. The van der Waals surface area contributed by atoms with E-state index in [2.05, 4.69) is 37.1 Å². The molecule has 0 saturated carbocycles. The van der Waals surface area contributed by atoms with Crippen molar-refractivity contribution < 1.29 is 13.6 Å². The summed E-state index contributed by atoms with van der Waals surface area (Å²) in [6, 6.07) is 3.69. The van der Waals surface area contributed by atoms with E-state index in [1.807, 2.05) is 0 Å². The maximum Gasteiger partial charge on any atom is 0.257 e. The van der Waals surface area contributed by atoms with E-state index in [-0.39, 0.29) is 4.47 Å². The number of amides is 1. The number of hydrogen-bond acceptors (Lipinski definition) is 3. The fourth-order valence-electron chi connectivity index (χ4n) is 7.18. The van der Waals surface area contributed by atoms with Gasteiger partial charge in [0.25, 0.3) is 5.91 Å². The summed E-state index contributed by atoms with van der Waals surface area (Å²) in [5, 5.41) is 2.67. The second-order valence-electron chi connectivity index (χ2n) is 11.0. The molecule has 1 aliphatic carbocycles. The highest BCUT2D eigenvalue weighted by Gasteiger charge is 2.45. The summed E-state index contributed by atoms with van der Waals surface area (Å²) in [5.74, 6) is -0.780. The van der Waals surface area contributed by atoms with Gasteiger partial charge in [-0.15, -0.1) is 0 Å². The minimum atomic E-state index is -0.841. The largest absolute Gasteiger partial charge is 0.352 e. The molecule has 0 spiro atoms. The predicted octanol–water partition coefficient (Wildman–Crippen LogP) is 5.91. The van der Waals surface area contributed by atoms with Gasteiger partial charge in [0, 0.05) is 29.6 Å². The van der Waals surface area contributed by atoms with E-state index < -0.39 is 23.1 Å². The molecule has 0 aromatic heterocycles. The molecule has 5 rings (SSSR count). The van der Waals surface area contributed by atoms with Crippen LogP contribution in [0.5, 0.6) is 0 Å². The van der Waals surface area contributed by atoms with Gasteiger partial charge >= 0.3 is 0 Å². The van der Waals surface area contributed by atoms with Crippen molar-refractivity contribution in [2.24, 2.45) is 11.8 Å². The number of piperidine rings is 3. The molecule has 0 unspecified atom stereocenters. The Hall–Kier alpha value is -1.31. The van der Waals surface area contributed by atoms with Crippen molar-refractivity contribution in [3.8, 4) is 0 Å². The number of likely N-dealkylation sites (tertiary alicyclic amines) is 1. The molecule has 4 atom stereocenters. The van der Waals surface area contributed by atoms with Crippen LogP contribution in [-0.2, 0) is 0 Å². The van der Waals surface area contributed by atoms with Gasteiger partial charge in [0.1, 0.15) is 17.2 Å². The van der Waals surface area contributed by atoms with Crippen molar-refractivity contribution in [3.05, 3.63) is 45.5 Å². The van der Waals surface area contributed by atoms with Crippen LogP contribution in [0.3, 0.4) is 0 Å². The zero-order valence-corrected chi connectivity index (χ0v) is 22.2. The maximum absolute atomic E-state index is 14.0. The summed E-state index contributed by atoms with van der Waals surface area (Å²) < 4.78 is 28.2. The number of nitrogens with one attached hydrogen (secondary N) is 1. The molecule has 1 N–H and O–H groups in total. The lowest BCUT2D eigenvalue weighted by atomic mass is 9.68. The smallest absolute Gasteiger partial charge is 0.257 e. The van der Waals surface area contributed by atoms with E-state index >= 15 is 0 Å². The first-order chi connectivity index (χ1) is 17.0. The molecule has 7 heteroatoms. The first-order valence-electron chi connectivity index (χ1n) is 13.6. The number of hydrogen-bond donors (Lipinski definition) is 1. The molecule has 1 aromatic carbocycles. The SMILES string of the molecule is O=C(NCCCCCCN1CCCC2=C[C@@H]3C[C@@H](CN4CCCC[C@H]34)[C@@H]21)c1c(F)cc(Br)cc1F. The normalized spacial score (nSPS) is 28.7. The van der Waals surface area contributed by atoms with Crippen molar-refractivity contribution in [1.82, 2.24) is 15.1 Å². The Morgan fingerprint density at radius 2 is 1.86 bits per heavy atom. The summed E-state index contributed by atoms with van der Waals surface area (Å²) in [6.07, 6.45) is 14.9. The van der Waals surface area contributed by atoms with Crippen LogP contribution in [0.4, 0.5) is 8.78 Å². The lowest BCUT2D eigenvalue weighted by Gasteiger charge is -2.55. The average molecular weight is 551 g/mol. The van der Waals surface area contributed by atoms with Crippen molar-refractivity contribution >= 4 is 21.8 Å². The van der Waals surface area contributed by atoms with E-state index in [1.165, 1.54) is 58.2 Å². The third kappa shape index (κ3) is 5.67. The second-order valence-corrected chi connectivity index (χ2v) is 11.9. The minimum Gasteiger partial charge on any atom is -0.352 e. The Morgan fingerprint density at radius 1 is 1.06 bits per heavy atom. The Balaban J connectivity index is 1.05. The molecule has 1 amide bonds. The number of fused-ring (bicyclic) bond motifs is 6. The van der Waals surface area contributed by atoms with Crippen LogP contribution in [-0.4, -0.2) is 60.5 Å². The van der Waals surface area contributed by atoms with E-state index in [9.17, 15) is 13.6 Å². The lowest BCUT2D eigenvalue weighted by Crippen LogP contribution is -2.59. The molecule has 3 aliphatic heterocycles. The number of carbonyl (C=O) groups excluding carboxylic acids is 1. The van der Waals surface area contributed by atoms with E-state index in [0.717, 1.165) is 62.2 Å². The Labute approximate surface area is 216 Å². The molecule has 3 fully saturated rings. The average Bonchev–Trinajstić information content (AvgIpc) is 2.83. The first kappa shape index (κ1) is 25.3. The molecule has 35 heavy (non-hydrogen) atoms. The number of halogens is 3. The third-order valence-electron chi connectivity index (χ3n) is 8.65. The van der Waals surface area contributed by atoms with Crippen molar-refractivity contribution in [2.75, 3.05) is 32.7 Å². The third-order valence-corrected chi connectivity index (χ3v) is 9.11. The Kier molecular flexibility index (Phi) is 8.25. The zero-order chi connectivity index (χ0) is 24.4. The standard InChI is InChI=1S/C28H38BrF2N3O/c29-22-16-23(30)26(24(31)17-22)28(35)32-10-4-1-2-5-11-33-13-7-8-19-14-20-15-21(27(19)33)18-34-12-6-3-9-25(20)34/h14,16-17,20-21,25,27H,1-13,15,18H2,(H,32,35)/t20-,21+,25-,27-/m1/s1. The highest BCUT2D eigenvalue weighted by Crippen LogP contribution is 2.45. The van der Waals surface area contributed by atoms with Crippen molar-refractivity contribution in [2.45, 2.75) is 76.3 Å². The molecular weight excluding hydrogens is 512 g/mol. The van der Waals surface area contributed by atoms with E-state index in [0.29, 0.717) is 12.6 Å². The van der Waals surface area contributed by atoms with Crippen molar-refractivity contribution in [3.63, 3.8) is 0 Å². The summed E-state index contributed by atoms with van der Waals surface area (Å²) in [4.78, 5) is 17.8. The quantitative estimate of drug-likeness (QED) is 0.323. The second kappa shape index (κ2) is 11.4. The van der Waals surface area contributed by atoms with Gasteiger partial charge in [-0.2, -0.15) is 0 Å². The van der Waals surface area contributed by atoms with Gasteiger partial charge in [-0.1, -0.05) is 46.8 Å². The summed E-state index contributed by atoms with van der Waals surface area (Å²) >= 11 is 3.04. The van der Waals surface area contributed by atoms with Crippen LogP contribution in [0.25, 0.3) is 0 Å². The van der Waals surface area contributed by atoms with Gasteiger partial charge in [-0.3, -0.25) is 14.6 Å². The minimum absolute atomic E-state index is 0.285. The molecule has 0 radical (unpaired) electrons. The molecule has 192 valence electrons. The predicted molar refractivity (Wildman–Crippen MR) is 138 cm³/mol. The van der Waals surface area contributed by atoms with Crippen LogP contribution in [0, 0.1) is 23.5 Å². The van der Waals surface area contributed by atoms with Crippen LogP contribution < -0.4 is 5.32 Å². The fourth-order valence-corrected chi connectivity index (χ4v) is 7.58. The summed E-state index contributed by atoms with van der Waals surface area (Å²) in [5.41, 5.74) is 1.23. The fraction of sp³-hybridized carbons (Fsp3) is 0.679. The van der Waals surface area contributed by atoms with Gasteiger partial charge < -0.3 is 5.32 Å². The number of carbonyl (C=O) groups is 1. The number of unbranched alkanes of at least 4 members (excludes halogenated alkanes) is 3. The molecule has 3 saturated heterocycles. The van der Waals surface area contributed by atoms with E-state index in [1.54, 1.807) is 5.57 Å². The highest BCUT2D eigenvalue weighted by molar-refractivity contribution is 9.10. The lowest BCUT2D eigenvalue weighted by molar-refractivity contribution is -0.000974. The van der Waals surface area contributed by atoms with Gasteiger partial charge in [-0.25, -0.2) is 8.78 Å². The van der Waals surface area contributed by atoms with Crippen LogP contribution in [0.2, 0.25) is 0 Å². The maximum atomic E-state index is 14.0. The topological polar surface area (TPSA) is 35.6 Å². The molecule has 3 heterocycles. The summed E-state index contributed by atoms with van der Waals surface area (Å²) in [7, 11) is 0. The monoisotopic (exact) mass is 549 g/mol. The molecule has 4 nitrogen and oxygen atoms in total. The molecule has 2 bridgehead atoms. The van der Waals surface area contributed by atoms with Crippen LogP contribution >= 0.6 is 15.9 Å². The van der Waals surface area contributed by atoms with Crippen molar-refractivity contribution in [1.29, 1.82) is 0 Å². The zero-order valence-electron chi connectivity index (χ0n) is 20.6. The number of nitrogens with zero attached hydrogens (tertiary/aromatic N) is 2. The molecular formula is C28H38BrF2N3O. The first-order valence-corrected chi connectivity index (χ1v) is 14.4.